The predicted molar refractivity (Wildman–Crippen MR) is 89.0 cm³/mol. The van der Waals surface area contributed by atoms with Crippen LogP contribution in [0.5, 0.6) is 0 Å². The number of rotatable bonds is 6. The Labute approximate surface area is 134 Å². The van der Waals surface area contributed by atoms with Crippen LogP contribution in [-0.2, 0) is 4.79 Å². The number of nitrogens with two attached hydrogens (primary N) is 1. The maximum absolute atomic E-state index is 11.3. The molecule has 0 aromatic heterocycles. The first-order valence-electron chi connectivity index (χ1n) is 7.33. The number of nitro groups is 1. The molecule has 2 aromatic carbocycles. The third kappa shape index (κ3) is 4.14. The average Bonchev–Trinajstić information content (AvgIpc) is 2.59. The maximum atomic E-state index is 11.3. The Bertz CT molecular complexity index is 716. The molecule has 1 amide bonds. The largest absolute Gasteiger partial charge is 0.354 e. The van der Waals surface area contributed by atoms with Crippen LogP contribution in [0.2, 0.25) is 0 Å². The van der Waals surface area contributed by atoms with Gasteiger partial charge in [0, 0.05) is 18.7 Å². The fourth-order valence-electron chi connectivity index (χ4n) is 2.43. The third-order valence-electron chi connectivity index (χ3n) is 3.65. The van der Waals surface area contributed by atoms with Crippen LogP contribution >= 0.6 is 0 Å². The van der Waals surface area contributed by atoms with Gasteiger partial charge in [-0.1, -0.05) is 43.3 Å². The minimum atomic E-state index is -0.406. The normalized spacial score (nSPS) is 11.7. The smallest absolute Gasteiger partial charge is 0.270 e. The number of nitrogens with one attached hydrogen (secondary N) is 1. The molecule has 0 fully saturated rings. The van der Waals surface area contributed by atoms with Crippen molar-refractivity contribution in [1.82, 2.24) is 5.32 Å². The summed E-state index contributed by atoms with van der Waals surface area (Å²) in [4.78, 5) is 21.9. The SMILES string of the molecule is CC(CNC(=O)CN)c1ccccc1-c1cccc([N+](=O)[O-])c1. The molecule has 0 heterocycles. The Balaban J connectivity index is 2.32. The summed E-state index contributed by atoms with van der Waals surface area (Å²) in [6.07, 6.45) is 0. The lowest BCUT2D eigenvalue weighted by Gasteiger charge is -2.17. The molecule has 0 aliphatic rings. The summed E-state index contributed by atoms with van der Waals surface area (Å²) in [5.74, 6) is -0.148. The highest BCUT2D eigenvalue weighted by atomic mass is 16.6. The van der Waals surface area contributed by atoms with Crippen molar-refractivity contribution >= 4 is 11.6 Å². The monoisotopic (exact) mass is 313 g/mol. The second kappa shape index (κ2) is 7.51. The maximum Gasteiger partial charge on any atom is 0.270 e. The topological polar surface area (TPSA) is 98.3 Å². The number of amides is 1. The Morgan fingerprint density at radius 2 is 2.00 bits per heavy atom. The van der Waals surface area contributed by atoms with Crippen LogP contribution in [0.25, 0.3) is 11.1 Å². The standard InChI is InChI=1S/C17H19N3O3/c1-12(11-19-17(21)10-18)15-7-2-3-8-16(15)13-5-4-6-14(9-13)20(22)23/h2-9,12H,10-11,18H2,1H3,(H,19,21). The van der Waals surface area contributed by atoms with Gasteiger partial charge in [0.1, 0.15) is 0 Å². The first-order valence-corrected chi connectivity index (χ1v) is 7.33. The van der Waals surface area contributed by atoms with Gasteiger partial charge in [-0.15, -0.1) is 0 Å². The van der Waals surface area contributed by atoms with Gasteiger partial charge in [-0.3, -0.25) is 14.9 Å². The minimum absolute atomic E-state index is 0.0424. The summed E-state index contributed by atoms with van der Waals surface area (Å²) < 4.78 is 0. The van der Waals surface area contributed by atoms with Crippen LogP contribution in [0.15, 0.2) is 48.5 Å². The van der Waals surface area contributed by atoms with Crippen molar-refractivity contribution in [1.29, 1.82) is 0 Å². The molecule has 23 heavy (non-hydrogen) atoms. The molecule has 0 spiro atoms. The van der Waals surface area contributed by atoms with Gasteiger partial charge in [0.2, 0.25) is 5.91 Å². The van der Waals surface area contributed by atoms with E-state index in [9.17, 15) is 14.9 Å². The van der Waals surface area contributed by atoms with Gasteiger partial charge in [0.05, 0.1) is 11.5 Å². The van der Waals surface area contributed by atoms with E-state index in [2.05, 4.69) is 5.32 Å². The molecule has 0 aliphatic heterocycles. The molecule has 2 rings (SSSR count). The summed E-state index contributed by atoms with van der Waals surface area (Å²) in [7, 11) is 0. The average molecular weight is 313 g/mol. The van der Waals surface area contributed by atoms with Crippen LogP contribution in [0.3, 0.4) is 0 Å². The van der Waals surface area contributed by atoms with Gasteiger partial charge in [-0.2, -0.15) is 0 Å². The molecule has 0 saturated heterocycles. The summed E-state index contributed by atoms with van der Waals surface area (Å²) in [6.45, 7) is 2.41. The first-order chi connectivity index (χ1) is 11.0. The molecular formula is C17H19N3O3. The second-order valence-corrected chi connectivity index (χ2v) is 5.30. The number of carbonyl (C=O) groups is 1. The van der Waals surface area contributed by atoms with Gasteiger partial charge in [0.25, 0.3) is 5.69 Å². The van der Waals surface area contributed by atoms with Crippen molar-refractivity contribution in [2.24, 2.45) is 5.73 Å². The Morgan fingerprint density at radius 3 is 2.70 bits per heavy atom. The zero-order valence-electron chi connectivity index (χ0n) is 12.9. The molecule has 0 bridgehead atoms. The van der Waals surface area contributed by atoms with E-state index < -0.39 is 4.92 Å². The van der Waals surface area contributed by atoms with Crippen molar-refractivity contribution in [2.45, 2.75) is 12.8 Å². The van der Waals surface area contributed by atoms with E-state index in [-0.39, 0.29) is 24.1 Å². The van der Waals surface area contributed by atoms with E-state index in [0.29, 0.717) is 6.54 Å². The highest BCUT2D eigenvalue weighted by molar-refractivity contribution is 5.78. The molecule has 6 nitrogen and oxygen atoms in total. The van der Waals surface area contributed by atoms with E-state index in [0.717, 1.165) is 16.7 Å². The summed E-state index contributed by atoms with van der Waals surface area (Å²) >= 11 is 0. The van der Waals surface area contributed by atoms with Gasteiger partial charge in [0.15, 0.2) is 0 Å². The van der Waals surface area contributed by atoms with Crippen molar-refractivity contribution in [3.8, 4) is 11.1 Å². The summed E-state index contributed by atoms with van der Waals surface area (Å²) in [6, 6.07) is 14.2. The molecule has 0 saturated carbocycles. The summed E-state index contributed by atoms with van der Waals surface area (Å²) in [5.41, 5.74) is 8.07. The predicted octanol–water partition coefficient (Wildman–Crippen LogP) is 2.44. The van der Waals surface area contributed by atoms with Gasteiger partial charge in [-0.25, -0.2) is 0 Å². The number of nitro benzene ring substituents is 1. The van der Waals surface area contributed by atoms with Crippen molar-refractivity contribution in [3.63, 3.8) is 0 Å². The number of hydrogen-bond donors (Lipinski definition) is 2. The molecule has 1 unspecified atom stereocenters. The van der Waals surface area contributed by atoms with Crippen molar-refractivity contribution in [2.75, 3.05) is 13.1 Å². The van der Waals surface area contributed by atoms with Crippen molar-refractivity contribution < 1.29 is 9.72 Å². The van der Waals surface area contributed by atoms with Gasteiger partial charge < -0.3 is 11.1 Å². The molecule has 3 N–H and O–H groups in total. The fourth-order valence-corrected chi connectivity index (χ4v) is 2.43. The minimum Gasteiger partial charge on any atom is -0.354 e. The molecule has 2 aromatic rings. The molecule has 1 atom stereocenters. The number of non-ortho nitro benzene ring substituents is 1. The number of nitrogens with zero attached hydrogens (tertiary/aromatic N) is 1. The highest BCUT2D eigenvalue weighted by Crippen LogP contribution is 2.30. The second-order valence-electron chi connectivity index (χ2n) is 5.30. The zero-order chi connectivity index (χ0) is 16.8. The van der Waals surface area contributed by atoms with Crippen molar-refractivity contribution in [3.05, 3.63) is 64.2 Å². The molecule has 120 valence electrons. The van der Waals surface area contributed by atoms with Crippen LogP contribution in [0.4, 0.5) is 5.69 Å². The van der Waals surface area contributed by atoms with Gasteiger partial charge in [-0.05, 0) is 22.6 Å². The molecule has 6 heteroatoms. The Kier molecular flexibility index (Phi) is 5.43. The first kappa shape index (κ1) is 16.6. The van der Waals surface area contributed by atoms with Gasteiger partial charge >= 0.3 is 0 Å². The highest BCUT2D eigenvalue weighted by Gasteiger charge is 2.14. The number of carbonyl (C=O) groups excluding carboxylic acids is 1. The number of benzene rings is 2. The Hall–Kier alpha value is -2.73. The van der Waals surface area contributed by atoms with Crippen LogP contribution in [-0.4, -0.2) is 23.9 Å². The number of hydrogen-bond acceptors (Lipinski definition) is 4. The molecule has 0 aliphatic carbocycles. The molecule has 0 radical (unpaired) electrons. The zero-order valence-corrected chi connectivity index (χ0v) is 12.9. The quantitative estimate of drug-likeness (QED) is 0.632. The Morgan fingerprint density at radius 1 is 1.26 bits per heavy atom. The van der Waals surface area contributed by atoms with Crippen LogP contribution in [0.1, 0.15) is 18.4 Å². The van der Waals surface area contributed by atoms with E-state index in [1.54, 1.807) is 12.1 Å². The van der Waals surface area contributed by atoms with E-state index >= 15 is 0 Å². The van der Waals surface area contributed by atoms with Crippen LogP contribution in [0, 0.1) is 10.1 Å². The van der Waals surface area contributed by atoms with E-state index in [1.165, 1.54) is 6.07 Å². The lowest BCUT2D eigenvalue weighted by Crippen LogP contribution is -2.33. The molecular weight excluding hydrogens is 294 g/mol. The van der Waals surface area contributed by atoms with Crippen LogP contribution < -0.4 is 11.1 Å². The fraction of sp³-hybridized carbons (Fsp3) is 0.235. The summed E-state index contributed by atoms with van der Waals surface area (Å²) in [5, 5.41) is 13.7. The third-order valence-corrected chi connectivity index (χ3v) is 3.65. The van der Waals surface area contributed by atoms with E-state index in [4.69, 9.17) is 5.73 Å². The lowest BCUT2D eigenvalue weighted by atomic mass is 9.91. The van der Waals surface area contributed by atoms with E-state index in [1.807, 2.05) is 37.3 Å². The lowest BCUT2D eigenvalue weighted by molar-refractivity contribution is -0.384.